The highest BCUT2D eigenvalue weighted by molar-refractivity contribution is 7.89. The van der Waals surface area contributed by atoms with Crippen molar-refractivity contribution in [2.75, 3.05) is 24.5 Å². The van der Waals surface area contributed by atoms with Gasteiger partial charge in [0.1, 0.15) is 5.82 Å². The summed E-state index contributed by atoms with van der Waals surface area (Å²) in [5.74, 6) is -0.408. The Morgan fingerprint density at radius 2 is 1.89 bits per heavy atom. The molecule has 2 aromatic rings. The van der Waals surface area contributed by atoms with Crippen molar-refractivity contribution in [3.8, 4) is 0 Å². The van der Waals surface area contributed by atoms with E-state index in [-0.39, 0.29) is 17.5 Å². The second-order valence-corrected chi connectivity index (χ2v) is 9.89. The molecule has 0 aliphatic carbocycles. The molecule has 2 aromatic carbocycles. The number of halogens is 2. The van der Waals surface area contributed by atoms with Gasteiger partial charge < -0.3 is 10.0 Å². The van der Waals surface area contributed by atoms with Gasteiger partial charge in [-0.15, -0.1) is 0 Å². The molecule has 0 unspecified atom stereocenters. The van der Waals surface area contributed by atoms with Crippen LogP contribution in [0.5, 0.6) is 0 Å². The molecule has 0 saturated carbocycles. The second kappa shape index (κ2) is 7.63. The highest BCUT2D eigenvalue weighted by Gasteiger charge is 2.34. The first-order valence-electron chi connectivity index (χ1n) is 9.05. The van der Waals surface area contributed by atoms with E-state index in [1.807, 2.05) is 11.8 Å². The molecule has 1 N–H and O–H groups in total. The van der Waals surface area contributed by atoms with E-state index in [0.29, 0.717) is 29.4 Å². The molecule has 152 valence electrons. The van der Waals surface area contributed by atoms with E-state index in [0.717, 1.165) is 0 Å². The summed E-state index contributed by atoms with van der Waals surface area (Å²) < 4.78 is 41.1. The van der Waals surface area contributed by atoms with Crippen LogP contribution in [0.4, 0.5) is 10.1 Å². The molecule has 0 radical (unpaired) electrons. The predicted molar refractivity (Wildman–Crippen MR) is 109 cm³/mol. The number of hydrogen-bond acceptors (Lipinski definition) is 4. The van der Waals surface area contributed by atoms with E-state index in [4.69, 9.17) is 11.6 Å². The van der Waals surface area contributed by atoms with E-state index in [1.165, 1.54) is 22.5 Å². The number of rotatable bonds is 4. The lowest BCUT2D eigenvalue weighted by Gasteiger charge is -2.40. The van der Waals surface area contributed by atoms with E-state index >= 15 is 0 Å². The Hall–Kier alpha value is -1.67. The van der Waals surface area contributed by atoms with Crippen molar-refractivity contribution in [1.29, 1.82) is 0 Å². The van der Waals surface area contributed by atoms with E-state index in [9.17, 15) is 17.9 Å². The fourth-order valence-corrected chi connectivity index (χ4v) is 5.37. The van der Waals surface area contributed by atoms with Gasteiger partial charge in [-0.1, -0.05) is 23.7 Å². The number of anilines is 1. The lowest BCUT2D eigenvalue weighted by molar-refractivity contribution is 0.0783. The average Bonchev–Trinajstić information content (AvgIpc) is 2.61. The molecule has 1 aliphatic heterocycles. The van der Waals surface area contributed by atoms with Crippen molar-refractivity contribution in [3.05, 3.63) is 58.9 Å². The Labute approximate surface area is 170 Å². The molecular formula is C20H24ClFN2O3S. The first kappa shape index (κ1) is 21.0. The molecule has 8 heteroatoms. The van der Waals surface area contributed by atoms with Crippen LogP contribution in [-0.4, -0.2) is 43.5 Å². The number of aliphatic hydroxyl groups is 1. The zero-order valence-corrected chi connectivity index (χ0v) is 17.6. The Morgan fingerprint density at radius 1 is 1.18 bits per heavy atom. The third-order valence-corrected chi connectivity index (χ3v) is 7.28. The summed E-state index contributed by atoms with van der Waals surface area (Å²) in [5, 5.41) is 10.5. The maximum absolute atomic E-state index is 13.3. The summed E-state index contributed by atoms with van der Waals surface area (Å²) in [6.45, 7) is 6.24. The SMILES string of the molecule is C[C@@H]1CN(c2ccc(F)cc2Cl)CCN1S(=O)(=O)c1cccc(C(C)(C)O)c1. The van der Waals surface area contributed by atoms with Gasteiger partial charge in [0.2, 0.25) is 10.0 Å². The minimum absolute atomic E-state index is 0.159. The Morgan fingerprint density at radius 3 is 2.50 bits per heavy atom. The Bertz CT molecular complexity index is 976. The third kappa shape index (κ3) is 4.17. The Kier molecular flexibility index (Phi) is 5.74. The highest BCUT2D eigenvalue weighted by atomic mass is 35.5. The van der Waals surface area contributed by atoms with Crippen molar-refractivity contribution in [2.45, 2.75) is 37.3 Å². The van der Waals surface area contributed by atoms with Crippen LogP contribution in [0.1, 0.15) is 26.3 Å². The first-order valence-corrected chi connectivity index (χ1v) is 10.9. The summed E-state index contributed by atoms with van der Waals surface area (Å²) in [6, 6.07) is 10.3. The van der Waals surface area contributed by atoms with Crippen LogP contribution in [0.2, 0.25) is 5.02 Å². The van der Waals surface area contributed by atoms with Crippen LogP contribution >= 0.6 is 11.6 Å². The average molecular weight is 427 g/mol. The van der Waals surface area contributed by atoms with Gasteiger partial charge in [-0.3, -0.25) is 0 Å². The second-order valence-electron chi connectivity index (χ2n) is 7.59. The summed E-state index contributed by atoms with van der Waals surface area (Å²) in [7, 11) is -3.71. The number of hydrogen-bond donors (Lipinski definition) is 1. The fourth-order valence-electron chi connectivity index (χ4n) is 3.43. The Balaban J connectivity index is 1.84. The molecule has 0 spiro atoms. The lowest BCUT2D eigenvalue weighted by Crippen LogP contribution is -2.54. The number of benzene rings is 2. The molecule has 0 aromatic heterocycles. The minimum atomic E-state index is -3.71. The summed E-state index contributed by atoms with van der Waals surface area (Å²) in [5.41, 5.74) is 0.101. The molecule has 1 atom stereocenters. The van der Waals surface area contributed by atoms with Crippen LogP contribution in [-0.2, 0) is 15.6 Å². The van der Waals surface area contributed by atoms with Gasteiger partial charge in [-0.05, 0) is 56.7 Å². The standard InChI is InChI=1S/C20H24ClFN2O3S/c1-14-13-23(19-8-7-16(22)12-18(19)21)9-10-24(14)28(26,27)17-6-4-5-15(11-17)20(2,3)25/h4-8,11-12,14,25H,9-10,13H2,1-3H3/t14-/m1/s1. The maximum atomic E-state index is 13.3. The van der Waals surface area contributed by atoms with Crippen LogP contribution < -0.4 is 4.90 Å². The zero-order valence-electron chi connectivity index (χ0n) is 16.1. The largest absolute Gasteiger partial charge is 0.386 e. The maximum Gasteiger partial charge on any atom is 0.243 e. The van der Waals surface area contributed by atoms with Gasteiger partial charge in [0.15, 0.2) is 0 Å². The van der Waals surface area contributed by atoms with Crippen molar-refractivity contribution >= 4 is 27.3 Å². The molecule has 0 amide bonds. The highest BCUT2D eigenvalue weighted by Crippen LogP contribution is 2.31. The fraction of sp³-hybridized carbons (Fsp3) is 0.400. The zero-order chi connectivity index (χ0) is 20.7. The molecule has 1 saturated heterocycles. The molecule has 28 heavy (non-hydrogen) atoms. The first-order chi connectivity index (χ1) is 13.0. The van der Waals surface area contributed by atoms with Gasteiger partial charge in [-0.2, -0.15) is 4.31 Å². The van der Waals surface area contributed by atoms with E-state index in [1.54, 1.807) is 38.1 Å². The molecule has 3 rings (SSSR count). The van der Waals surface area contributed by atoms with E-state index < -0.39 is 21.4 Å². The number of nitrogens with zero attached hydrogens (tertiary/aromatic N) is 2. The number of sulfonamides is 1. The molecule has 1 fully saturated rings. The van der Waals surface area contributed by atoms with Crippen molar-refractivity contribution < 1.29 is 17.9 Å². The quantitative estimate of drug-likeness (QED) is 0.811. The smallest absolute Gasteiger partial charge is 0.243 e. The van der Waals surface area contributed by atoms with Crippen molar-refractivity contribution in [3.63, 3.8) is 0 Å². The molecule has 1 heterocycles. The topological polar surface area (TPSA) is 60.9 Å². The molecule has 5 nitrogen and oxygen atoms in total. The lowest BCUT2D eigenvalue weighted by atomic mass is 9.99. The summed E-state index contributed by atoms with van der Waals surface area (Å²) in [4.78, 5) is 2.12. The normalized spacial score (nSPS) is 19.1. The molecule has 0 bridgehead atoms. The summed E-state index contributed by atoms with van der Waals surface area (Å²) in [6.07, 6.45) is 0. The van der Waals surface area contributed by atoms with Crippen LogP contribution in [0.15, 0.2) is 47.4 Å². The van der Waals surface area contributed by atoms with Crippen molar-refractivity contribution in [2.24, 2.45) is 0 Å². The predicted octanol–water partition coefficient (Wildman–Crippen LogP) is 3.61. The summed E-state index contributed by atoms with van der Waals surface area (Å²) >= 11 is 6.16. The minimum Gasteiger partial charge on any atom is -0.386 e. The van der Waals surface area contributed by atoms with Gasteiger partial charge in [0.05, 0.1) is 21.2 Å². The van der Waals surface area contributed by atoms with Crippen LogP contribution in [0.3, 0.4) is 0 Å². The monoisotopic (exact) mass is 426 g/mol. The van der Waals surface area contributed by atoms with Gasteiger partial charge in [0, 0.05) is 25.7 Å². The molecule has 1 aliphatic rings. The van der Waals surface area contributed by atoms with E-state index in [2.05, 4.69) is 0 Å². The van der Waals surface area contributed by atoms with Crippen LogP contribution in [0, 0.1) is 5.82 Å². The van der Waals surface area contributed by atoms with Gasteiger partial charge in [0.25, 0.3) is 0 Å². The molecular weight excluding hydrogens is 403 g/mol. The van der Waals surface area contributed by atoms with Gasteiger partial charge >= 0.3 is 0 Å². The number of piperazine rings is 1. The third-order valence-electron chi connectivity index (χ3n) is 4.96. The van der Waals surface area contributed by atoms with Crippen LogP contribution in [0.25, 0.3) is 0 Å². The van der Waals surface area contributed by atoms with Crippen molar-refractivity contribution in [1.82, 2.24) is 4.31 Å². The van der Waals surface area contributed by atoms with Gasteiger partial charge in [-0.25, -0.2) is 12.8 Å².